The molecule has 0 bridgehead atoms. The van der Waals surface area contributed by atoms with E-state index in [1.54, 1.807) is 29.2 Å². The summed E-state index contributed by atoms with van der Waals surface area (Å²) in [6.07, 6.45) is 0.154. The molecule has 1 atom stereocenters. The van der Waals surface area contributed by atoms with Gasteiger partial charge in [0, 0.05) is 30.9 Å². The van der Waals surface area contributed by atoms with Crippen molar-refractivity contribution in [1.82, 2.24) is 5.32 Å². The average molecular weight is 476 g/mol. The van der Waals surface area contributed by atoms with Gasteiger partial charge in [0.2, 0.25) is 11.8 Å². The number of anilines is 2. The van der Waals surface area contributed by atoms with E-state index < -0.39 is 5.92 Å². The van der Waals surface area contributed by atoms with Crippen molar-refractivity contribution < 1.29 is 23.5 Å². The molecule has 1 fully saturated rings. The first-order chi connectivity index (χ1) is 16.9. The van der Waals surface area contributed by atoms with Gasteiger partial charge in [-0.3, -0.25) is 14.4 Å². The highest BCUT2D eigenvalue weighted by Gasteiger charge is 2.35. The van der Waals surface area contributed by atoms with Gasteiger partial charge in [-0.25, -0.2) is 4.39 Å². The predicted molar refractivity (Wildman–Crippen MR) is 130 cm³/mol. The lowest BCUT2D eigenvalue weighted by Crippen LogP contribution is -2.32. The molecule has 4 rings (SSSR count). The number of hydrogen-bond donors (Lipinski definition) is 2. The Kier molecular flexibility index (Phi) is 7.40. The van der Waals surface area contributed by atoms with E-state index in [-0.39, 0.29) is 36.6 Å². The second-order valence-electron chi connectivity index (χ2n) is 8.45. The van der Waals surface area contributed by atoms with Crippen LogP contribution in [0.25, 0.3) is 0 Å². The second-order valence-corrected chi connectivity index (χ2v) is 8.45. The zero-order valence-electron chi connectivity index (χ0n) is 19.3. The van der Waals surface area contributed by atoms with Crippen LogP contribution in [0.15, 0.2) is 72.8 Å². The zero-order chi connectivity index (χ0) is 24.8. The van der Waals surface area contributed by atoms with Crippen LogP contribution < -0.4 is 20.3 Å². The molecule has 3 aromatic rings. The number of rotatable bonds is 8. The monoisotopic (exact) mass is 475 g/mol. The molecule has 180 valence electrons. The van der Waals surface area contributed by atoms with Gasteiger partial charge in [-0.2, -0.15) is 0 Å². The summed E-state index contributed by atoms with van der Waals surface area (Å²) in [4.78, 5) is 38.7. The van der Waals surface area contributed by atoms with E-state index in [9.17, 15) is 18.8 Å². The molecule has 0 unspecified atom stereocenters. The zero-order valence-corrected chi connectivity index (χ0v) is 19.3. The lowest BCUT2D eigenvalue weighted by molar-refractivity contribution is -0.126. The maximum absolute atomic E-state index is 13.0. The molecular weight excluding hydrogens is 449 g/mol. The van der Waals surface area contributed by atoms with E-state index in [0.717, 1.165) is 11.1 Å². The number of carbonyl (C=O) groups is 3. The Morgan fingerprint density at radius 3 is 2.37 bits per heavy atom. The molecule has 0 aromatic heterocycles. The summed E-state index contributed by atoms with van der Waals surface area (Å²) in [5.74, 6) is -0.984. The molecule has 1 aliphatic rings. The standard InChI is InChI=1S/C27H26FN3O4/c1-18-2-4-19(5-3-18)15-29-27(34)20-14-26(33)31(16-20)23-10-12-24(13-11-23)35-17-25(32)30-22-8-6-21(28)7-9-22/h2-13,20H,14-17H2,1H3,(H,29,34)(H,30,32)/t20-/m0/s1. The van der Waals surface area contributed by atoms with Crippen LogP contribution in [-0.4, -0.2) is 30.9 Å². The highest BCUT2D eigenvalue weighted by Crippen LogP contribution is 2.27. The van der Waals surface area contributed by atoms with Gasteiger partial charge in [-0.15, -0.1) is 0 Å². The quantitative estimate of drug-likeness (QED) is 0.519. The minimum atomic E-state index is -0.418. The summed E-state index contributed by atoms with van der Waals surface area (Å²) in [7, 11) is 0. The van der Waals surface area contributed by atoms with Crippen molar-refractivity contribution in [1.29, 1.82) is 0 Å². The van der Waals surface area contributed by atoms with E-state index in [4.69, 9.17) is 4.74 Å². The van der Waals surface area contributed by atoms with Crippen LogP contribution in [0.2, 0.25) is 0 Å². The summed E-state index contributed by atoms with van der Waals surface area (Å²) < 4.78 is 18.4. The summed E-state index contributed by atoms with van der Waals surface area (Å²) in [5, 5.41) is 5.53. The third-order valence-corrected chi connectivity index (χ3v) is 5.73. The molecule has 1 saturated heterocycles. The molecular formula is C27H26FN3O4. The fourth-order valence-electron chi connectivity index (χ4n) is 3.77. The Morgan fingerprint density at radius 1 is 1.00 bits per heavy atom. The van der Waals surface area contributed by atoms with Gasteiger partial charge in [-0.05, 0) is 61.0 Å². The fourth-order valence-corrected chi connectivity index (χ4v) is 3.77. The number of aryl methyl sites for hydroxylation is 1. The topological polar surface area (TPSA) is 87.7 Å². The van der Waals surface area contributed by atoms with Crippen LogP contribution in [0, 0.1) is 18.7 Å². The van der Waals surface area contributed by atoms with Crippen LogP contribution in [0.1, 0.15) is 17.5 Å². The number of hydrogen-bond acceptors (Lipinski definition) is 4. The lowest BCUT2D eigenvalue weighted by Gasteiger charge is -2.17. The molecule has 1 heterocycles. The van der Waals surface area contributed by atoms with Gasteiger partial charge in [0.1, 0.15) is 11.6 Å². The predicted octanol–water partition coefficient (Wildman–Crippen LogP) is 3.82. The van der Waals surface area contributed by atoms with Crippen molar-refractivity contribution in [2.24, 2.45) is 5.92 Å². The summed E-state index contributed by atoms with van der Waals surface area (Å²) in [6, 6.07) is 20.1. The lowest BCUT2D eigenvalue weighted by atomic mass is 10.1. The van der Waals surface area contributed by atoms with Gasteiger partial charge in [0.05, 0.1) is 5.92 Å². The van der Waals surface area contributed by atoms with E-state index in [1.165, 1.54) is 24.3 Å². The van der Waals surface area contributed by atoms with Crippen LogP contribution >= 0.6 is 0 Å². The molecule has 0 aliphatic carbocycles. The summed E-state index contributed by atoms with van der Waals surface area (Å²) >= 11 is 0. The molecule has 3 aromatic carbocycles. The van der Waals surface area contributed by atoms with E-state index >= 15 is 0 Å². The molecule has 8 heteroatoms. The van der Waals surface area contributed by atoms with Crippen LogP contribution in [-0.2, 0) is 20.9 Å². The van der Waals surface area contributed by atoms with Crippen molar-refractivity contribution >= 4 is 29.1 Å². The molecule has 0 spiro atoms. The largest absolute Gasteiger partial charge is 0.484 e. The van der Waals surface area contributed by atoms with Gasteiger partial charge < -0.3 is 20.3 Å². The van der Waals surface area contributed by atoms with Crippen LogP contribution in [0.5, 0.6) is 5.75 Å². The SMILES string of the molecule is Cc1ccc(CNC(=O)[C@H]2CC(=O)N(c3ccc(OCC(=O)Nc4ccc(F)cc4)cc3)C2)cc1. The Balaban J connectivity index is 1.26. The first-order valence-corrected chi connectivity index (χ1v) is 11.3. The van der Waals surface area contributed by atoms with Crippen molar-refractivity contribution in [3.63, 3.8) is 0 Å². The highest BCUT2D eigenvalue weighted by molar-refractivity contribution is 6.00. The maximum Gasteiger partial charge on any atom is 0.262 e. The molecule has 1 aliphatic heterocycles. The number of amides is 3. The fraction of sp³-hybridized carbons (Fsp3) is 0.222. The third kappa shape index (κ3) is 6.44. The smallest absolute Gasteiger partial charge is 0.262 e. The van der Waals surface area contributed by atoms with Crippen LogP contribution in [0.3, 0.4) is 0 Å². The molecule has 35 heavy (non-hydrogen) atoms. The van der Waals surface area contributed by atoms with Crippen molar-refractivity contribution in [3.8, 4) is 5.75 Å². The van der Waals surface area contributed by atoms with Crippen molar-refractivity contribution in [2.75, 3.05) is 23.4 Å². The Morgan fingerprint density at radius 2 is 1.69 bits per heavy atom. The van der Waals surface area contributed by atoms with Crippen LogP contribution in [0.4, 0.5) is 15.8 Å². The molecule has 3 amide bonds. The molecule has 0 radical (unpaired) electrons. The number of carbonyl (C=O) groups excluding carboxylic acids is 3. The van der Waals surface area contributed by atoms with E-state index in [2.05, 4.69) is 10.6 Å². The van der Waals surface area contributed by atoms with E-state index in [1.807, 2.05) is 31.2 Å². The molecule has 7 nitrogen and oxygen atoms in total. The Bertz CT molecular complexity index is 1190. The van der Waals surface area contributed by atoms with Gasteiger partial charge in [0.15, 0.2) is 6.61 Å². The average Bonchev–Trinajstić information content (AvgIpc) is 3.25. The summed E-state index contributed by atoms with van der Waals surface area (Å²) in [6.45, 7) is 2.51. The number of halogens is 1. The van der Waals surface area contributed by atoms with Gasteiger partial charge in [-0.1, -0.05) is 29.8 Å². The number of nitrogens with one attached hydrogen (secondary N) is 2. The third-order valence-electron chi connectivity index (χ3n) is 5.73. The van der Waals surface area contributed by atoms with Gasteiger partial charge >= 0.3 is 0 Å². The first-order valence-electron chi connectivity index (χ1n) is 11.3. The molecule has 0 saturated carbocycles. The molecule has 2 N–H and O–H groups in total. The second kappa shape index (κ2) is 10.8. The Hall–Kier alpha value is -4.20. The van der Waals surface area contributed by atoms with Gasteiger partial charge in [0.25, 0.3) is 5.91 Å². The number of ether oxygens (including phenoxy) is 1. The minimum Gasteiger partial charge on any atom is -0.484 e. The van der Waals surface area contributed by atoms with Crippen molar-refractivity contribution in [2.45, 2.75) is 19.9 Å². The van der Waals surface area contributed by atoms with E-state index in [0.29, 0.717) is 30.2 Å². The van der Waals surface area contributed by atoms with Crippen molar-refractivity contribution in [3.05, 3.63) is 89.7 Å². The number of benzene rings is 3. The normalized spacial score (nSPS) is 15.1. The minimum absolute atomic E-state index is 0.118. The Labute approximate surface area is 202 Å². The first kappa shape index (κ1) is 23.9. The maximum atomic E-state index is 13.0. The summed E-state index contributed by atoms with van der Waals surface area (Å²) in [5.41, 5.74) is 3.29. The highest BCUT2D eigenvalue weighted by atomic mass is 19.1. The number of nitrogens with zero attached hydrogens (tertiary/aromatic N) is 1.